The minimum atomic E-state index is -1.26. The fourth-order valence-electron chi connectivity index (χ4n) is 3.07. The Balaban J connectivity index is 1.83. The third-order valence-corrected chi connectivity index (χ3v) is 4.77. The third kappa shape index (κ3) is 5.76. The van der Waals surface area contributed by atoms with E-state index in [2.05, 4.69) is 25.6 Å². The lowest BCUT2D eigenvalue weighted by atomic mass is 10.1. The number of carboxylic acid groups (broad SMARTS) is 4. The summed E-state index contributed by atoms with van der Waals surface area (Å²) in [4.78, 5) is 48.9. The van der Waals surface area contributed by atoms with Crippen LogP contribution in [0, 0.1) is 0 Å². The van der Waals surface area contributed by atoms with Crippen LogP contribution in [0.5, 0.6) is 0 Å². The summed E-state index contributed by atoms with van der Waals surface area (Å²) in [5, 5.41) is 51.8. The lowest BCUT2D eigenvalue weighted by molar-refractivity contribution is -0.144. The zero-order chi connectivity index (χ0) is 24.8. The molecule has 0 saturated heterocycles. The molecule has 0 bridgehead atoms. The van der Waals surface area contributed by atoms with Crippen LogP contribution in [-0.2, 0) is 19.2 Å². The first-order valence-electron chi connectivity index (χ1n) is 9.86. The summed E-state index contributed by atoms with van der Waals surface area (Å²) in [5.41, 5.74) is 1.06. The van der Waals surface area contributed by atoms with Gasteiger partial charge in [-0.1, -0.05) is 16.5 Å². The molecular weight excluding hydrogens is 454 g/mol. The second-order valence-corrected chi connectivity index (χ2v) is 7.15. The van der Waals surface area contributed by atoms with Crippen LogP contribution in [0.2, 0.25) is 0 Å². The van der Waals surface area contributed by atoms with Gasteiger partial charge < -0.3 is 20.4 Å². The molecule has 3 heterocycles. The Hall–Kier alpha value is -4.69. The normalized spacial score (nSPS) is 12.7. The number of pyridine rings is 1. The van der Waals surface area contributed by atoms with Crippen molar-refractivity contribution < 1.29 is 39.6 Å². The maximum absolute atomic E-state index is 11.5. The number of aromatic nitrogens is 7. The second kappa shape index (κ2) is 10.3. The Morgan fingerprint density at radius 2 is 1.12 bits per heavy atom. The van der Waals surface area contributed by atoms with Gasteiger partial charge >= 0.3 is 23.9 Å². The van der Waals surface area contributed by atoms with E-state index in [-0.39, 0.29) is 37.1 Å². The van der Waals surface area contributed by atoms with Crippen molar-refractivity contribution in [3.63, 3.8) is 0 Å². The summed E-state index contributed by atoms with van der Waals surface area (Å²) in [6.07, 6.45) is 1.57. The predicted octanol–water partition coefficient (Wildman–Crippen LogP) is 0.580. The molecule has 0 fully saturated rings. The summed E-state index contributed by atoms with van der Waals surface area (Å²) in [5.74, 6) is -4.79. The van der Waals surface area contributed by atoms with Crippen LogP contribution in [0.1, 0.15) is 37.8 Å². The minimum absolute atomic E-state index is 0.184. The van der Waals surface area contributed by atoms with Gasteiger partial charge in [0.2, 0.25) is 0 Å². The van der Waals surface area contributed by atoms with E-state index in [4.69, 9.17) is 10.2 Å². The lowest BCUT2D eigenvalue weighted by Gasteiger charge is -2.10. The van der Waals surface area contributed by atoms with Gasteiger partial charge in [0.15, 0.2) is 12.1 Å². The molecule has 15 heteroatoms. The van der Waals surface area contributed by atoms with Crippen LogP contribution >= 0.6 is 0 Å². The Bertz CT molecular complexity index is 1130. The molecule has 178 valence electrons. The summed E-state index contributed by atoms with van der Waals surface area (Å²) >= 11 is 0. The molecule has 0 aliphatic carbocycles. The quantitative estimate of drug-likeness (QED) is 0.283. The molecule has 0 saturated carbocycles. The molecule has 2 unspecified atom stereocenters. The molecule has 15 nitrogen and oxygen atoms in total. The number of rotatable bonds is 12. The van der Waals surface area contributed by atoms with Gasteiger partial charge in [0.1, 0.15) is 11.4 Å². The van der Waals surface area contributed by atoms with Crippen molar-refractivity contribution in [2.45, 2.75) is 37.8 Å². The van der Waals surface area contributed by atoms with Crippen molar-refractivity contribution in [3.8, 4) is 22.8 Å². The third-order valence-electron chi connectivity index (χ3n) is 4.77. The average Bonchev–Trinajstić information content (AvgIpc) is 3.44. The van der Waals surface area contributed by atoms with Crippen molar-refractivity contribution in [1.29, 1.82) is 0 Å². The highest BCUT2D eigenvalue weighted by Crippen LogP contribution is 2.23. The van der Waals surface area contributed by atoms with Crippen LogP contribution in [-0.4, -0.2) is 79.3 Å². The number of aliphatic carboxylic acids is 4. The Morgan fingerprint density at radius 3 is 1.47 bits per heavy atom. The number of carbonyl (C=O) groups is 4. The molecule has 34 heavy (non-hydrogen) atoms. The van der Waals surface area contributed by atoms with Crippen LogP contribution in [0.15, 0.2) is 30.6 Å². The Labute approximate surface area is 190 Å². The Kier molecular flexibility index (Phi) is 7.25. The van der Waals surface area contributed by atoms with Gasteiger partial charge in [-0.3, -0.25) is 9.59 Å². The van der Waals surface area contributed by atoms with Crippen molar-refractivity contribution >= 4 is 23.9 Å². The van der Waals surface area contributed by atoms with Gasteiger partial charge in [-0.15, -0.1) is 10.2 Å². The molecule has 0 amide bonds. The van der Waals surface area contributed by atoms with Gasteiger partial charge in [0.05, 0.1) is 23.8 Å². The summed E-state index contributed by atoms with van der Waals surface area (Å²) in [7, 11) is 0. The van der Waals surface area contributed by atoms with Crippen molar-refractivity contribution in [2.75, 3.05) is 0 Å². The van der Waals surface area contributed by atoms with Crippen LogP contribution in [0.3, 0.4) is 0 Å². The van der Waals surface area contributed by atoms with E-state index in [0.29, 0.717) is 11.4 Å². The van der Waals surface area contributed by atoms with E-state index in [0.717, 1.165) is 9.36 Å². The molecule has 3 rings (SSSR count). The molecule has 3 aromatic rings. The highest BCUT2D eigenvalue weighted by atomic mass is 16.4. The molecule has 4 N–H and O–H groups in total. The number of hydrogen-bond acceptors (Lipinski definition) is 9. The van der Waals surface area contributed by atoms with Gasteiger partial charge in [-0.25, -0.2) is 23.9 Å². The standard InChI is InChI=1S/C19H19N7O8/c27-16(28)6-4-14(18(31)32)25-8-12(21-23-25)10-2-1-3-11(20-10)13-9-26(24-22-13)15(19(33)34)5-7-17(29)30/h1-3,8-9,14-15H,4-7H2,(H,27,28)(H,29,30)(H,31,32)(H,33,34). The van der Waals surface area contributed by atoms with Crippen LogP contribution in [0.4, 0.5) is 0 Å². The summed E-state index contributed by atoms with van der Waals surface area (Å²) < 4.78 is 2.09. The lowest BCUT2D eigenvalue weighted by Crippen LogP contribution is -2.20. The SMILES string of the molecule is O=C(O)CCC(C(=O)O)n1cc(-c2cccc(-c3cn(C(CCC(=O)O)C(=O)O)nn3)n2)nn1. The van der Waals surface area contributed by atoms with E-state index >= 15 is 0 Å². The molecule has 0 aromatic carbocycles. The highest BCUT2D eigenvalue weighted by Gasteiger charge is 2.24. The number of carboxylic acids is 4. The maximum Gasteiger partial charge on any atom is 0.328 e. The molecule has 3 aromatic heterocycles. The molecule has 0 spiro atoms. The summed E-state index contributed by atoms with van der Waals surface area (Å²) in [6.45, 7) is 0. The molecule has 0 radical (unpaired) electrons. The first kappa shape index (κ1) is 24.0. The average molecular weight is 473 g/mol. The summed E-state index contributed by atoms with van der Waals surface area (Å²) in [6, 6.07) is 2.34. The van der Waals surface area contributed by atoms with Gasteiger partial charge in [-0.2, -0.15) is 0 Å². The van der Waals surface area contributed by atoms with Gasteiger partial charge in [0.25, 0.3) is 0 Å². The maximum atomic E-state index is 11.5. The number of hydrogen-bond donors (Lipinski definition) is 4. The van der Waals surface area contributed by atoms with Crippen molar-refractivity contribution in [2.24, 2.45) is 0 Å². The molecular formula is C19H19N7O8. The molecule has 0 aliphatic heterocycles. The fourth-order valence-corrected chi connectivity index (χ4v) is 3.07. The minimum Gasteiger partial charge on any atom is -0.481 e. The first-order valence-corrected chi connectivity index (χ1v) is 9.86. The monoisotopic (exact) mass is 473 g/mol. The van der Waals surface area contributed by atoms with E-state index in [1.165, 1.54) is 12.4 Å². The van der Waals surface area contributed by atoms with Crippen LogP contribution < -0.4 is 0 Å². The largest absolute Gasteiger partial charge is 0.481 e. The zero-order valence-corrected chi connectivity index (χ0v) is 17.4. The smallest absolute Gasteiger partial charge is 0.328 e. The van der Waals surface area contributed by atoms with E-state index in [1.807, 2.05) is 0 Å². The van der Waals surface area contributed by atoms with Crippen molar-refractivity contribution in [1.82, 2.24) is 35.0 Å². The highest BCUT2D eigenvalue weighted by molar-refractivity contribution is 5.74. The van der Waals surface area contributed by atoms with Crippen molar-refractivity contribution in [3.05, 3.63) is 30.6 Å². The number of nitrogens with zero attached hydrogens (tertiary/aromatic N) is 7. The fraction of sp³-hybridized carbons (Fsp3) is 0.316. The van der Waals surface area contributed by atoms with Gasteiger partial charge in [-0.05, 0) is 25.0 Å². The van der Waals surface area contributed by atoms with Gasteiger partial charge in [0, 0.05) is 12.8 Å². The Morgan fingerprint density at radius 1 is 0.706 bits per heavy atom. The van der Waals surface area contributed by atoms with E-state index in [9.17, 15) is 29.4 Å². The first-order chi connectivity index (χ1) is 16.2. The predicted molar refractivity (Wildman–Crippen MR) is 109 cm³/mol. The molecule has 2 atom stereocenters. The topological polar surface area (TPSA) is 224 Å². The second-order valence-electron chi connectivity index (χ2n) is 7.15. The molecule has 0 aliphatic rings. The van der Waals surface area contributed by atoms with E-state index < -0.39 is 36.0 Å². The van der Waals surface area contributed by atoms with Crippen LogP contribution in [0.25, 0.3) is 22.8 Å². The zero-order valence-electron chi connectivity index (χ0n) is 17.4. The van der Waals surface area contributed by atoms with E-state index in [1.54, 1.807) is 18.2 Å².